The quantitative estimate of drug-likeness (QED) is 0.823. The van der Waals surface area contributed by atoms with E-state index in [4.69, 9.17) is 0 Å². The second-order valence-corrected chi connectivity index (χ2v) is 6.82. The topological polar surface area (TPSA) is 20.3 Å². The lowest BCUT2D eigenvalue weighted by Gasteiger charge is -2.40. The maximum atomic E-state index is 12.5. The van der Waals surface area contributed by atoms with Crippen molar-refractivity contribution in [3.8, 4) is 0 Å². The van der Waals surface area contributed by atoms with Crippen molar-refractivity contribution < 1.29 is 18.0 Å². The largest absolute Gasteiger partial charge is 0.395 e. The minimum absolute atomic E-state index is 0.220. The Labute approximate surface area is 128 Å². The van der Waals surface area contributed by atoms with Crippen LogP contribution >= 0.6 is 0 Å². The second kappa shape index (κ2) is 5.28. The lowest BCUT2D eigenvalue weighted by atomic mass is 9.97. The van der Waals surface area contributed by atoms with Crippen molar-refractivity contribution in [3.63, 3.8) is 0 Å². The third-order valence-corrected chi connectivity index (χ3v) is 4.91. The van der Waals surface area contributed by atoms with Gasteiger partial charge in [0.25, 0.3) is 5.91 Å². The molecule has 3 rings (SSSR count). The number of alkyl halides is 3. The maximum Gasteiger partial charge on any atom is 0.395 e. The molecule has 0 radical (unpaired) electrons. The molecule has 5 heteroatoms. The number of benzene rings is 1. The number of amides is 1. The highest BCUT2D eigenvalue weighted by molar-refractivity contribution is 5.94. The molecule has 1 heterocycles. The summed E-state index contributed by atoms with van der Waals surface area (Å²) in [7, 11) is 0. The first-order chi connectivity index (χ1) is 10.3. The second-order valence-electron chi connectivity index (χ2n) is 6.82. The number of carbonyl (C=O) groups excluding carboxylic acids is 1. The maximum absolute atomic E-state index is 12.5. The van der Waals surface area contributed by atoms with Crippen LogP contribution in [0.1, 0.15) is 42.1 Å². The van der Waals surface area contributed by atoms with Gasteiger partial charge in [-0.2, -0.15) is 13.2 Å². The van der Waals surface area contributed by atoms with Crippen molar-refractivity contribution >= 4 is 5.91 Å². The first-order valence-corrected chi connectivity index (χ1v) is 7.73. The average Bonchev–Trinajstić information content (AvgIpc) is 3.15. The summed E-state index contributed by atoms with van der Waals surface area (Å²) in [6.45, 7) is 3.98. The van der Waals surface area contributed by atoms with Gasteiger partial charge in [0.1, 0.15) is 0 Å². The number of hydrogen-bond donors (Lipinski definition) is 0. The molecule has 1 saturated carbocycles. The van der Waals surface area contributed by atoms with Gasteiger partial charge in [0.15, 0.2) is 0 Å². The van der Waals surface area contributed by atoms with Gasteiger partial charge in [-0.05, 0) is 41.9 Å². The van der Waals surface area contributed by atoms with E-state index in [2.05, 4.69) is 13.8 Å². The van der Waals surface area contributed by atoms with Crippen molar-refractivity contribution in [3.05, 3.63) is 35.4 Å². The van der Waals surface area contributed by atoms with Gasteiger partial charge in [0, 0.05) is 18.7 Å². The number of rotatable bonds is 3. The number of halogens is 3. The molecule has 2 fully saturated rings. The predicted octanol–water partition coefficient (Wildman–Crippen LogP) is 4.08. The fourth-order valence-corrected chi connectivity index (χ4v) is 3.24. The van der Waals surface area contributed by atoms with Gasteiger partial charge in [-0.15, -0.1) is 0 Å². The van der Waals surface area contributed by atoms with Gasteiger partial charge in [0.05, 0.1) is 5.92 Å². The van der Waals surface area contributed by atoms with E-state index in [1.807, 2.05) is 12.1 Å². The molecule has 2 nitrogen and oxygen atoms in total. The molecule has 0 aromatic heterocycles. The van der Waals surface area contributed by atoms with Gasteiger partial charge in [-0.25, -0.2) is 0 Å². The van der Waals surface area contributed by atoms with Crippen LogP contribution in [0, 0.1) is 17.8 Å². The smallest absolute Gasteiger partial charge is 0.337 e. The number of nitrogens with zero attached hydrogens (tertiary/aromatic N) is 1. The van der Waals surface area contributed by atoms with Crippen molar-refractivity contribution in [2.75, 3.05) is 13.1 Å². The molecule has 0 unspecified atom stereocenters. The van der Waals surface area contributed by atoms with Gasteiger partial charge in [0.2, 0.25) is 0 Å². The lowest BCUT2D eigenvalue weighted by molar-refractivity contribution is -0.202. The summed E-state index contributed by atoms with van der Waals surface area (Å²) in [5, 5.41) is 0. The minimum atomic E-state index is -4.20. The van der Waals surface area contributed by atoms with Gasteiger partial charge >= 0.3 is 6.18 Å². The van der Waals surface area contributed by atoms with E-state index >= 15 is 0 Å². The predicted molar refractivity (Wildman–Crippen MR) is 77.6 cm³/mol. The Morgan fingerprint density at radius 1 is 1.18 bits per heavy atom. The zero-order chi connectivity index (χ0) is 16.1. The number of carbonyl (C=O) groups is 1. The Morgan fingerprint density at radius 2 is 1.77 bits per heavy atom. The van der Waals surface area contributed by atoms with Crippen LogP contribution in [0.4, 0.5) is 13.2 Å². The minimum Gasteiger partial charge on any atom is -0.337 e. The van der Waals surface area contributed by atoms with Crippen LogP contribution in [0.25, 0.3) is 0 Å². The van der Waals surface area contributed by atoms with Crippen molar-refractivity contribution in [1.29, 1.82) is 0 Å². The summed E-state index contributed by atoms with van der Waals surface area (Å²) in [5.41, 5.74) is 1.71. The first kappa shape index (κ1) is 15.4. The standard InChI is InChI=1S/C17H20F3NO/c1-10(2)14-7-15(14)11-3-5-12(6-4-11)16(22)21-8-13(9-21)17(18,19)20/h3-6,10,13-15H,7-9H2,1-2H3/t14-,15-/m1/s1. The number of hydrogen-bond acceptors (Lipinski definition) is 1. The molecule has 1 saturated heterocycles. The monoisotopic (exact) mass is 311 g/mol. The van der Waals surface area contributed by atoms with Gasteiger partial charge in [-0.1, -0.05) is 26.0 Å². The molecule has 1 aliphatic heterocycles. The van der Waals surface area contributed by atoms with Gasteiger partial charge in [-0.3, -0.25) is 4.79 Å². The summed E-state index contributed by atoms with van der Waals surface area (Å²) in [5.74, 6) is 0.274. The molecule has 1 aromatic rings. The summed E-state index contributed by atoms with van der Waals surface area (Å²) in [6.07, 6.45) is -3.01. The van der Waals surface area contributed by atoms with Crippen molar-refractivity contribution in [1.82, 2.24) is 4.90 Å². The Morgan fingerprint density at radius 3 is 2.23 bits per heavy atom. The Balaban J connectivity index is 1.59. The fraction of sp³-hybridized carbons (Fsp3) is 0.588. The molecule has 0 bridgehead atoms. The van der Waals surface area contributed by atoms with Crippen LogP contribution in [-0.4, -0.2) is 30.1 Å². The van der Waals surface area contributed by atoms with Crippen LogP contribution in [0.3, 0.4) is 0 Å². The summed E-state index contributed by atoms with van der Waals surface area (Å²) >= 11 is 0. The van der Waals surface area contributed by atoms with Crippen molar-refractivity contribution in [2.45, 2.75) is 32.4 Å². The van der Waals surface area contributed by atoms with E-state index in [0.717, 1.165) is 0 Å². The SMILES string of the molecule is CC(C)[C@H]1C[C@@H]1c1ccc(C(=O)N2CC(C(F)(F)F)C2)cc1. The van der Waals surface area contributed by atoms with Gasteiger partial charge < -0.3 is 4.90 Å². The van der Waals surface area contributed by atoms with Crippen LogP contribution in [0.5, 0.6) is 0 Å². The molecule has 1 amide bonds. The zero-order valence-corrected chi connectivity index (χ0v) is 12.7. The number of likely N-dealkylation sites (tertiary alicyclic amines) is 1. The summed E-state index contributed by atoms with van der Waals surface area (Å²) < 4.78 is 37.4. The molecule has 0 spiro atoms. The molecule has 0 N–H and O–H groups in total. The molecule has 22 heavy (non-hydrogen) atoms. The molecule has 1 aromatic carbocycles. The first-order valence-electron chi connectivity index (χ1n) is 7.73. The van der Waals surface area contributed by atoms with E-state index in [0.29, 0.717) is 23.3 Å². The molecular weight excluding hydrogens is 291 g/mol. The highest BCUT2D eigenvalue weighted by Gasteiger charge is 2.48. The highest BCUT2D eigenvalue weighted by atomic mass is 19.4. The Kier molecular flexibility index (Phi) is 3.69. The molecule has 2 aliphatic rings. The molecule has 1 aliphatic carbocycles. The highest BCUT2D eigenvalue weighted by Crippen LogP contribution is 2.51. The third-order valence-electron chi connectivity index (χ3n) is 4.91. The fourth-order valence-electron chi connectivity index (χ4n) is 3.24. The van der Waals surface area contributed by atoms with E-state index in [9.17, 15) is 18.0 Å². The van der Waals surface area contributed by atoms with Crippen LogP contribution < -0.4 is 0 Å². The van der Waals surface area contributed by atoms with Crippen LogP contribution in [-0.2, 0) is 0 Å². The lowest BCUT2D eigenvalue weighted by Crippen LogP contribution is -2.55. The van der Waals surface area contributed by atoms with E-state index in [1.165, 1.54) is 16.9 Å². The molecule has 120 valence electrons. The normalized spacial score (nSPS) is 25.3. The molecular formula is C17H20F3NO. The Bertz CT molecular complexity index is 558. The molecule has 2 atom stereocenters. The summed E-state index contributed by atoms with van der Waals surface area (Å²) in [4.78, 5) is 13.4. The van der Waals surface area contributed by atoms with E-state index < -0.39 is 12.1 Å². The van der Waals surface area contributed by atoms with E-state index in [-0.39, 0.29) is 19.0 Å². The van der Waals surface area contributed by atoms with Crippen molar-refractivity contribution in [2.24, 2.45) is 17.8 Å². The van der Waals surface area contributed by atoms with Crippen LogP contribution in [0.15, 0.2) is 24.3 Å². The summed E-state index contributed by atoms with van der Waals surface area (Å²) in [6, 6.07) is 7.38. The Hall–Kier alpha value is -1.52. The average molecular weight is 311 g/mol. The van der Waals surface area contributed by atoms with E-state index in [1.54, 1.807) is 12.1 Å². The third kappa shape index (κ3) is 2.85. The zero-order valence-electron chi connectivity index (χ0n) is 12.7. The van der Waals surface area contributed by atoms with Crippen LogP contribution in [0.2, 0.25) is 0 Å².